The lowest BCUT2D eigenvalue weighted by atomic mass is 10.2. The second-order valence-electron chi connectivity index (χ2n) is 6.32. The maximum absolute atomic E-state index is 12.7. The predicted molar refractivity (Wildman–Crippen MR) is 121 cm³/mol. The number of rotatable bonds is 6. The van der Waals surface area contributed by atoms with Crippen LogP contribution in [0.25, 0.3) is 6.08 Å². The van der Waals surface area contributed by atoms with Crippen molar-refractivity contribution in [2.75, 3.05) is 13.2 Å². The lowest BCUT2D eigenvalue weighted by molar-refractivity contribution is -0.129. The van der Waals surface area contributed by atoms with E-state index in [1.54, 1.807) is 18.2 Å². The van der Waals surface area contributed by atoms with Gasteiger partial charge in [-0.3, -0.25) is 30.1 Å². The van der Waals surface area contributed by atoms with Crippen molar-refractivity contribution >= 4 is 52.1 Å². The largest absolute Gasteiger partial charge is 0.508 e. The highest BCUT2D eigenvalue weighted by Crippen LogP contribution is 2.32. The zero-order valence-electron chi connectivity index (χ0n) is 16.5. The van der Waals surface area contributed by atoms with Gasteiger partial charge in [-0.1, -0.05) is 36.1 Å². The summed E-state index contributed by atoms with van der Waals surface area (Å²) < 4.78 is 5.65. The molecule has 0 bridgehead atoms. The number of aromatic hydroxyl groups is 1. The van der Waals surface area contributed by atoms with Gasteiger partial charge in [0.15, 0.2) is 0 Å². The van der Waals surface area contributed by atoms with Crippen molar-refractivity contribution in [2.24, 2.45) is 0 Å². The molecule has 0 spiro atoms. The number of phenols is 1. The molecule has 8 nitrogen and oxygen atoms in total. The maximum Gasteiger partial charge on any atom is 0.269 e. The van der Waals surface area contributed by atoms with Crippen molar-refractivity contribution < 1.29 is 24.2 Å². The summed E-state index contributed by atoms with van der Waals surface area (Å²) >= 11 is 6.33. The van der Waals surface area contributed by atoms with Gasteiger partial charge in [0.25, 0.3) is 17.7 Å². The van der Waals surface area contributed by atoms with Crippen LogP contribution >= 0.6 is 24.0 Å². The summed E-state index contributed by atoms with van der Waals surface area (Å²) in [6.07, 6.45) is 1.69. The third kappa shape index (κ3) is 5.83. The topological polar surface area (TPSA) is 108 Å². The SMILES string of the molecule is CCOc1ccc(/C=C2\SC(=S)N(CC(=O)NNC(=O)c3ccc(O)cc3)C2=O)cc1. The van der Waals surface area contributed by atoms with Crippen molar-refractivity contribution in [2.45, 2.75) is 6.92 Å². The molecule has 2 aromatic carbocycles. The number of thiocarbonyl (C=S) groups is 1. The van der Waals surface area contributed by atoms with E-state index in [-0.39, 0.29) is 28.1 Å². The second kappa shape index (κ2) is 10.1. The lowest BCUT2D eigenvalue weighted by Gasteiger charge is -2.14. The van der Waals surface area contributed by atoms with Crippen molar-refractivity contribution in [1.82, 2.24) is 15.8 Å². The van der Waals surface area contributed by atoms with E-state index >= 15 is 0 Å². The van der Waals surface area contributed by atoms with Crippen LogP contribution in [-0.2, 0) is 9.59 Å². The molecule has 0 radical (unpaired) electrons. The molecule has 1 aliphatic rings. The molecule has 0 aromatic heterocycles. The first-order valence-corrected chi connectivity index (χ1v) is 10.5. The van der Waals surface area contributed by atoms with E-state index in [0.717, 1.165) is 23.1 Å². The van der Waals surface area contributed by atoms with Gasteiger partial charge < -0.3 is 9.84 Å². The molecule has 160 valence electrons. The Morgan fingerprint density at radius 1 is 1.13 bits per heavy atom. The van der Waals surface area contributed by atoms with Gasteiger partial charge in [0.1, 0.15) is 22.4 Å². The number of nitrogens with one attached hydrogen (secondary N) is 2. The molecular weight excluding hydrogens is 438 g/mol. The first kappa shape index (κ1) is 22.3. The average Bonchev–Trinajstić information content (AvgIpc) is 3.01. The molecule has 31 heavy (non-hydrogen) atoms. The molecule has 0 unspecified atom stereocenters. The van der Waals surface area contributed by atoms with Crippen LogP contribution in [0.2, 0.25) is 0 Å². The highest BCUT2D eigenvalue weighted by molar-refractivity contribution is 8.26. The summed E-state index contributed by atoms with van der Waals surface area (Å²) in [5, 5.41) is 9.25. The molecule has 1 saturated heterocycles. The Kier molecular flexibility index (Phi) is 7.27. The molecule has 3 N–H and O–H groups in total. The highest BCUT2D eigenvalue weighted by atomic mass is 32.2. The number of phenolic OH excluding ortho intramolecular Hbond substituents is 1. The van der Waals surface area contributed by atoms with Crippen molar-refractivity contribution in [3.63, 3.8) is 0 Å². The zero-order valence-corrected chi connectivity index (χ0v) is 18.1. The van der Waals surface area contributed by atoms with Crippen LogP contribution < -0.4 is 15.6 Å². The van der Waals surface area contributed by atoms with E-state index in [4.69, 9.17) is 17.0 Å². The fourth-order valence-corrected chi connectivity index (χ4v) is 3.86. The van der Waals surface area contributed by atoms with Crippen molar-refractivity contribution in [3.05, 3.63) is 64.6 Å². The highest BCUT2D eigenvalue weighted by Gasteiger charge is 2.33. The van der Waals surface area contributed by atoms with Crippen LogP contribution in [-0.4, -0.2) is 45.2 Å². The van der Waals surface area contributed by atoms with Gasteiger partial charge >= 0.3 is 0 Å². The molecule has 10 heteroatoms. The molecule has 0 aliphatic carbocycles. The number of hydrogen-bond acceptors (Lipinski definition) is 7. The van der Waals surface area contributed by atoms with Crippen LogP contribution in [0.15, 0.2) is 53.4 Å². The number of carbonyl (C=O) groups is 3. The summed E-state index contributed by atoms with van der Waals surface area (Å²) in [6, 6.07) is 12.8. The quantitative estimate of drug-likeness (QED) is 0.347. The Morgan fingerprint density at radius 3 is 2.45 bits per heavy atom. The summed E-state index contributed by atoms with van der Waals surface area (Å²) in [6.45, 7) is 2.13. The maximum atomic E-state index is 12.7. The van der Waals surface area contributed by atoms with E-state index in [1.165, 1.54) is 29.2 Å². The van der Waals surface area contributed by atoms with Gasteiger partial charge in [-0.2, -0.15) is 0 Å². The number of carbonyl (C=O) groups excluding carboxylic acids is 3. The van der Waals surface area contributed by atoms with Gasteiger partial charge in [0.05, 0.1) is 11.5 Å². The second-order valence-corrected chi connectivity index (χ2v) is 7.99. The normalized spacial score (nSPS) is 14.6. The molecular formula is C21H19N3O5S2. The molecule has 2 aromatic rings. The van der Waals surface area contributed by atoms with Crippen LogP contribution in [0.4, 0.5) is 0 Å². The van der Waals surface area contributed by atoms with E-state index in [0.29, 0.717) is 11.5 Å². The smallest absolute Gasteiger partial charge is 0.269 e. The summed E-state index contributed by atoms with van der Waals surface area (Å²) in [5.74, 6) is -0.796. The fourth-order valence-electron chi connectivity index (χ4n) is 2.61. The van der Waals surface area contributed by atoms with Crippen LogP contribution in [0.1, 0.15) is 22.8 Å². The van der Waals surface area contributed by atoms with Crippen LogP contribution in [0.5, 0.6) is 11.5 Å². The predicted octanol–water partition coefficient (Wildman–Crippen LogP) is 2.45. The van der Waals surface area contributed by atoms with Gasteiger partial charge in [-0.25, -0.2) is 0 Å². The summed E-state index contributed by atoms with van der Waals surface area (Å²) in [4.78, 5) is 38.4. The monoisotopic (exact) mass is 457 g/mol. The Hall–Kier alpha value is -3.37. The number of hydrogen-bond donors (Lipinski definition) is 3. The molecule has 0 atom stereocenters. The first-order valence-electron chi connectivity index (χ1n) is 9.24. The number of hydrazine groups is 1. The zero-order chi connectivity index (χ0) is 22.4. The van der Waals surface area contributed by atoms with Crippen LogP contribution in [0.3, 0.4) is 0 Å². The van der Waals surface area contributed by atoms with E-state index < -0.39 is 11.8 Å². The Labute approximate surface area is 188 Å². The van der Waals surface area contributed by atoms with Crippen molar-refractivity contribution in [3.8, 4) is 11.5 Å². The Balaban J connectivity index is 1.57. The molecule has 3 amide bonds. The van der Waals surface area contributed by atoms with E-state index in [1.807, 2.05) is 19.1 Å². The first-order chi connectivity index (χ1) is 14.9. The van der Waals surface area contributed by atoms with Gasteiger partial charge in [-0.05, 0) is 55.0 Å². The number of amides is 3. The van der Waals surface area contributed by atoms with Gasteiger partial charge in [0.2, 0.25) is 0 Å². The fraction of sp³-hybridized carbons (Fsp3) is 0.143. The molecule has 1 aliphatic heterocycles. The average molecular weight is 458 g/mol. The minimum atomic E-state index is -0.606. The Morgan fingerprint density at radius 2 is 1.81 bits per heavy atom. The standard InChI is InChI=1S/C21H19N3O5S2/c1-2-29-16-9-3-13(4-10-16)11-17-20(28)24(21(30)31-17)12-18(26)22-23-19(27)14-5-7-15(25)8-6-14/h3-11,25H,2,12H2,1H3,(H,22,26)(H,23,27)/b17-11-. The molecule has 1 fully saturated rings. The van der Waals surface area contributed by atoms with Crippen molar-refractivity contribution in [1.29, 1.82) is 0 Å². The molecule has 0 saturated carbocycles. The van der Waals surface area contributed by atoms with Gasteiger partial charge in [0, 0.05) is 5.56 Å². The number of ether oxygens (including phenoxy) is 1. The number of nitrogens with zero attached hydrogens (tertiary/aromatic N) is 1. The lowest BCUT2D eigenvalue weighted by Crippen LogP contribution is -2.47. The Bertz CT molecular complexity index is 1040. The van der Waals surface area contributed by atoms with E-state index in [2.05, 4.69) is 10.9 Å². The summed E-state index contributed by atoms with van der Waals surface area (Å²) in [5.41, 5.74) is 5.56. The van der Waals surface area contributed by atoms with E-state index in [9.17, 15) is 19.5 Å². The minimum Gasteiger partial charge on any atom is -0.508 e. The summed E-state index contributed by atoms with van der Waals surface area (Å²) in [7, 11) is 0. The third-order valence-electron chi connectivity index (χ3n) is 4.11. The molecule has 1 heterocycles. The van der Waals surface area contributed by atoms with Gasteiger partial charge in [-0.15, -0.1) is 0 Å². The number of thioether (sulfide) groups is 1. The minimum absolute atomic E-state index is 0.0215. The number of benzene rings is 2. The third-order valence-corrected chi connectivity index (χ3v) is 5.49. The van der Waals surface area contributed by atoms with Crippen LogP contribution in [0, 0.1) is 0 Å². The molecule has 3 rings (SSSR count).